The summed E-state index contributed by atoms with van der Waals surface area (Å²) in [6.45, 7) is 1.30. The first-order valence-electron chi connectivity index (χ1n) is 11.0. The van der Waals surface area contributed by atoms with Gasteiger partial charge < -0.3 is 9.30 Å². The van der Waals surface area contributed by atoms with Crippen LogP contribution < -0.4 is 10.1 Å². The Morgan fingerprint density at radius 2 is 1.79 bits per heavy atom. The van der Waals surface area contributed by atoms with Gasteiger partial charge in [-0.1, -0.05) is 42.5 Å². The van der Waals surface area contributed by atoms with E-state index in [0.717, 1.165) is 47.5 Å². The fraction of sp³-hybridized carbons (Fsp3) is 0.259. The molecule has 6 heteroatoms. The molecule has 3 aromatic carbocycles. The molecule has 1 saturated heterocycles. The molecule has 1 aliphatic rings. The van der Waals surface area contributed by atoms with E-state index in [4.69, 9.17) is 10.1 Å². The largest absolute Gasteiger partial charge is 0.497 e. The Bertz CT molecular complexity index is 1260. The van der Waals surface area contributed by atoms with Crippen molar-refractivity contribution >= 4 is 10.9 Å². The Labute approximate surface area is 190 Å². The van der Waals surface area contributed by atoms with Crippen molar-refractivity contribution in [1.82, 2.24) is 9.88 Å². The van der Waals surface area contributed by atoms with Crippen molar-refractivity contribution in [3.05, 3.63) is 101 Å². The number of aromatic nitrogens is 1. The molecule has 2 unspecified atom stereocenters. The predicted octanol–water partition coefficient (Wildman–Crippen LogP) is 6.55. The highest BCUT2D eigenvalue weighted by Crippen LogP contribution is 2.43. The third kappa shape index (κ3) is 4.23. The molecule has 1 radical (unpaired) electrons. The van der Waals surface area contributed by atoms with Gasteiger partial charge in [-0.25, -0.2) is 5.32 Å². The van der Waals surface area contributed by atoms with Crippen molar-refractivity contribution in [3.63, 3.8) is 0 Å². The van der Waals surface area contributed by atoms with Gasteiger partial charge in [-0.2, -0.15) is 13.2 Å². The van der Waals surface area contributed by atoms with Crippen LogP contribution in [0.15, 0.2) is 79.0 Å². The number of alkyl halides is 3. The number of fused-ring (bicyclic) bond motifs is 1. The highest BCUT2D eigenvalue weighted by molar-refractivity contribution is 5.85. The quantitative estimate of drug-likeness (QED) is 0.340. The van der Waals surface area contributed by atoms with Crippen LogP contribution in [0.3, 0.4) is 0 Å². The molecule has 2 heterocycles. The van der Waals surface area contributed by atoms with Gasteiger partial charge in [0.05, 0.1) is 18.7 Å². The highest BCUT2D eigenvalue weighted by atomic mass is 19.4. The highest BCUT2D eigenvalue weighted by Gasteiger charge is 2.33. The summed E-state index contributed by atoms with van der Waals surface area (Å²) >= 11 is 0. The zero-order chi connectivity index (χ0) is 23.0. The molecule has 33 heavy (non-hydrogen) atoms. The van der Waals surface area contributed by atoms with E-state index in [1.807, 2.05) is 30.3 Å². The van der Waals surface area contributed by atoms with Crippen LogP contribution >= 0.6 is 0 Å². The molecular formula is C27H24F3N2O. The van der Waals surface area contributed by atoms with Gasteiger partial charge in [-0.3, -0.25) is 0 Å². The lowest BCUT2D eigenvalue weighted by Gasteiger charge is -2.19. The molecule has 4 aromatic rings. The summed E-state index contributed by atoms with van der Waals surface area (Å²) in [7, 11) is 1.66. The van der Waals surface area contributed by atoms with Gasteiger partial charge >= 0.3 is 6.18 Å². The van der Waals surface area contributed by atoms with Gasteiger partial charge in [0.25, 0.3) is 0 Å². The zero-order valence-corrected chi connectivity index (χ0v) is 18.2. The Morgan fingerprint density at radius 1 is 1.00 bits per heavy atom. The zero-order valence-electron chi connectivity index (χ0n) is 18.2. The van der Waals surface area contributed by atoms with Crippen LogP contribution in [0.25, 0.3) is 10.9 Å². The molecule has 1 fully saturated rings. The maximum atomic E-state index is 12.9. The maximum Gasteiger partial charge on any atom is 0.416 e. The fourth-order valence-electron chi connectivity index (χ4n) is 4.82. The van der Waals surface area contributed by atoms with E-state index >= 15 is 0 Å². The molecule has 169 valence electrons. The standard InChI is InChI=1S/C27H24F3N2O/c1-33-21-6-4-5-19(15-21)26-23(13-14-31-26)24-17-32(25-8-3-2-7-22(24)25)16-18-9-11-20(12-10-18)27(28,29)30/h2-12,15,17,23,26H,13-14,16H2,1H3. The summed E-state index contributed by atoms with van der Waals surface area (Å²) in [6.07, 6.45) is -1.22. The number of benzene rings is 3. The predicted molar refractivity (Wildman–Crippen MR) is 123 cm³/mol. The molecule has 5 rings (SSSR count). The van der Waals surface area contributed by atoms with Crippen LogP contribution in [-0.4, -0.2) is 18.2 Å². The first-order chi connectivity index (χ1) is 15.9. The molecule has 1 aliphatic heterocycles. The average Bonchev–Trinajstić information content (AvgIpc) is 3.44. The monoisotopic (exact) mass is 449 g/mol. The van der Waals surface area contributed by atoms with Gasteiger partial charge in [0.1, 0.15) is 5.75 Å². The number of halogens is 3. The van der Waals surface area contributed by atoms with Crippen molar-refractivity contribution in [2.45, 2.75) is 31.1 Å². The summed E-state index contributed by atoms with van der Waals surface area (Å²) in [5.74, 6) is 1.05. The first kappa shape index (κ1) is 21.6. The van der Waals surface area contributed by atoms with Gasteiger partial charge in [0.2, 0.25) is 0 Å². The van der Waals surface area contributed by atoms with Gasteiger partial charge in [0, 0.05) is 36.1 Å². The van der Waals surface area contributed by atoms with Crippen molar-refractivity contribution in [3.8, 4) is 5.75 Å². The normalized spacial score (nSPS) is 18.7. The molecule has 0 saturated carbocycles. The SMILES string of the molecule is COc1cccc(C2[N]CCC2c2cn(Cc3ccc(C(F)(F)F)cc3)c3ccccc23)c1. The van der Waals surface area contributed by atoms with Crippen molar-refractivity contribution in [2.24, 2.45) is 0 Å². The van der Waals surface area contributed by atoms with Gasteiger partial charge in [0.15, 0.2) is 0 Å². The molecule has 0 aliphatic carbocycles. The van der Waals surface area contributed by atoms with E-state index < -0.39 is 11.7 Å². The van der Waals surface area contributed by atoms with E-state index in [1.54, 1.807) is 19.2 Å². The number of hydrogen-bond acceptors (Lipinski definition) is 1. The van der Waals surface area contributed by atoms with Crippen LogP contribution in [0.1, 0.15) is 40.6 Å². The van der Waals surface area contributed by atoms with E-state index in [0.29, 0.717) is 6.54 Å². The summed E-state index contributed by atoms with van der Waals surface area (Å²) in [5, 5.41) is 6.07. The van der Waals surface area contributed by atoms with Crippen LogP contribution in [-0.2, 0) is 12.7 Å². The summed E-state index contributed by atoms with van der Waals surface area (Å²) in [5.41, 5.74) is 3.64. The maximum absolute atomic E-state index is 12.9. The van der Waals surface area contributed by atoms with Crippen molar-refractivity contribution in [2.75, 3.05) is 13.7 Å². The minimum Gasteiger partial charge on any atom is -0.497 e. The van der Waals surface area contributed by atoms with Crippen LogP contribution in [0.4, 0.5) is 13.2 Å². The van der Waals surface area contributed by atoms with Crippen LogP contribution in [0.5, 0.6) is 5.75 Å². The lowest BCUT2D eigenvalue weighted by molar-refractivity contribution is -0.137. The summed E-state index contributed by atoms with van der Waals surface area (Å²) in [4.78, 5) is 0. The molecule has 3 nitrogen and oxygen atoms in total. The Morgan fingerprint density at radius 3 is 2.55 bits per heavy atom. The number of methoxy groups -OCH3 is 1. The van der Waals surface area contributed by atoms with Crippen LogP contribution in [0.2, 0.25) is 0 Å². The minimum atomic E-state index is -4.33. The second-order valence-electron chi connectivity index (χ2n) is 8.45. The average molecular weight is 449 g/mol. The Kier molecular flexibility index (Phi) is 5.62. The third-order valence-corrected chi connectivity index (χ3v) is 6.44. The number of rotatable bonds is 5. The molecule has 0 amide bonds. The van der Waals surface area contributed by atoms with E-state index in [-0.39, 0.29) is 12.0 Å². The summed E-state index contributed by atoms with van der Waals surface area (Å²) in [6, 6.07) is 21.7. The topological polar surface area (TPSA) is 28.3 Å². The number of nitrogens with zero attached hydrogens (tertiary/aromatic N) is 2. The number of ether oxygens (including phenoxy) is 1. The smallest absolute Gasteiger partial charge is 0.416 e. The lowest BCUT2D eigenvalue weighted by atomic mass is 9.87. The molecule has 0 bridgehead atoms. The molecule has 1 aromatic heterocycles. The fourth-order valence-corrected chi connectivity index (χ4v) is 4.82. The Balaban J connectivity index is 1.50. The summed E-state index contributed by atoms with van der Waals surface area (Å²) < 4.78 is 46.3. The molecule has 0 spiro atoms. The molecule has 2 atom stereocenters. The van der Waals surface area contributed by atoms with E-state index in [2.05, 4.69) is 29.0 Å². The van der Waals surface area contributed by atoms with Crippen molar-refractivity contribution in [1.29, 1.82) is 0 Å². The van der Waals surface area contributed by atoms with Gasteiger partial charge in [-0.05, 0) is 53.4 Å². The van der Waals surface area contributed by atoms with E-state index in [9.17, 15) is 13.2 Å². The number of para-hydroxylation sites is 1. The van der Waals surface area contributed by atoms with Crippen LogP contribution in [0, 0.1) is 0 Å². The second-order valence-corrected chi connectivity index (χ2v) is 8.45. The second kappa shape index (κ2) is 8.60. The van der Waals surface area contributed by atoms with Gasteiger partial charge in [-0.15, -0.1) is 0 Å². The first-order valence-corrected chi connectivity index (χ1v) is 11.0. The minimum absolute atomic E-state index is 0.0467. The third-order valence-electron chi connectivity index (χ3n) is 6.44. The molecular weight excluding hydrogens is 425 g/mol. The lowest BCUT2D eigenvalue weighted by Crippen LogP contribution is -2.11. The number of hydrogen-bond donors (Lipinski definition) is 0. The van der Waals surface area contributed by atoms with E-state index in [1.165, 1.54) is 10.9 Å². The van der Waals surface area contributed by atoms with Crippen molar-refractivity contribution < 1.29 is 17.9 Å². The Hall–Kier alpha value is -3.25. The molecule has 0 N–H and O–H groups in total.